The Hall–Kier alpha value is -3.53. The first kappa shape index (κ1) is 19.8. The van der Waals surface area contributed by atoms with Crippen LogP contribution in [0.3, 0.4) is 0 Å². The zero-order chi connectivity index (χ0) is 21.1. The van der Waals surface area contributed by atoms with Crippen LogP contribution in [0, 0.1) is 5.82 Å². The standard InChI is InChI=1S/C20H19FN6O2S/c1-27-16-8-7-12(9-17(16)29-11-18(27)28)23-20-22-10-13(21)19(25-20)24-14-5-3-4-6-15(14)26-30-2/h3-10,26H,11H2,1-2H3,(H2,22,23,24,25). The van der Waals surface area contributed by atoms with Gasteiger partial charge in [0.2, 0.25) is 5.95 Å². The van der Waals surface area contributed by atoms with E-state index in [1.54, 1.807) is 30.1 Å². The van der Waals surface area contributed by atoms with E-state index in [1.807, 2.05) is 30.5 Å². The fourth-order valence-corrected chi connectivity index (χ4v) is 3.32. The molecule has 1 amide bonds. The lowest BCUT2D eigenvalue weighted by Crippen LogP contribution is -2.35. The summed E-state index contributed by atoms with van der Waals surface area (Å²) in [6, 6.07) is 12.7. The molecule has 8 nitrogen and oxygen atoms in total. The summed E-state index contributed by atoms with van der Waals surface area (Å²) in [5, 5.41) is 6.04. The summed E-state index contributed by atoms with van der Waals surface area (Å²) >= 11 is 1.43. The summed E-state index contributed by atoms with van der Waals surface area (Å²) in [5.41, 5.74) is 2.82. The summed E-state index contributed by atoms with van der Waals surface area (Å²) in [4.78, 5) is 21.5. The first-order valence-electron chi connectivity index (χ1n) is 9.03. The number of hydrogen-bond donors (Lipinski definition) is 3. The smallest absolute Gasteiger partial charge is 0.264 e. The number of rotatable bonds is 6. The number of amides is 1. The molecule has 2 heterocycles. The van der Waals surface area contributed by atoms with E-state index in [4.69, 9.17) is 4.74 Å². The van der Waals surface area contributed by atoms with Gasteiger partial charge in [0.1, 0.15) is 5.75 Å². The van der Waals surface area contributed by atoms with Crippen molar-refractivity contribution < 1.29 is 13.9 Å². The van der Waals surface area contributed by atoms with Crippen LogP contribution in [0.4, 0.5) is 38.9 Å². The Kier molecular flexibility index (Phi) is 5.57. The highest BCUT2D eigenvalue weighted by Gasteiger charge is 2.22. The Bertz CT molecular complexity index is 1100. The number of aromatic nitrogens is 2. The summed E-state index contributed by atoms with van der Waals surface area (Å²) in [7, 11) is 1.70. The summed E-state index contributed by atoms with van der Waals surface area (Å²) in [6.07, 6.45) is 3.00. The van der Waals surface area contributed by atoms with Crippen molar-refractivity contribution in [3.63, 3.8) is 0 Å². The Labute approximate surface area is 177 Å². The SMILES string of the molecule is CSNc1ccccc1Nc1nc(Nc2ccc3c(c2)OCC(=O)N3C)ncc1F. The van der Waals surface area contributed by atoms with Gasteiger partial charge in [0, 0.05) is 25.1 Å². The highest BCUT2D eigenvalue weighted by Crippen LogP contribution is 2.34. The second-order valence-electron chi connectivity index (χ2n) is 6.42. The monoisotopic (exact) mass is 426 g/mol. The molecule has 0 saturated carbocycles. The lowest BCUT2D eigenvalue weighted by molar-refractivity contribution is -0.120. The van der Waals surface area contributed by atoms with Crippen LogP contribution in [-0.2, 0) is 4.79 Å². The van der Waals surface area contributed by atoms with E-state index < -0.39 is 5.82 Å². The van der Waals surface area contributed by atoms with Crippen molar-refractivity contribution in [2.45, 2.75) is 0 Å². The maximum atomic E-state index is 14.3. The van der Waals surface area contributed by atoms with E-state index in [0.717, 1.165) is 11.9 Å². The molecule has 3 N–H and O–H groups in total. The summed E-state index contributed by atoms with van der Waals surface area (Å²) in [5.74, 6) is 0.141. The zero-order valence-electron chi connectivity index (χ0n) is 16.3. The van der Waals surface area contributed by atoms with Crippen LogP contribution in [0.25, 0.3) is 0 Å². The van der Waals surface area contributed by atoms with Gasteiger partial charge in [-0.1, -0.05) is 24.1 Å². The average molecular weight is 426 g/mol. The van der Waals surface area contributed by atoms with Crippen molar-refractivity contribution in [1.29, 1.82) is 0 Å². The van der Waals surface area contributed by atoms with Crippen LogP contribution in [-0.4, -0.2) is 35.8 Å². The summed E-state index contributed by atoms with van der Waals surface area (Å²) in [6.45, 7) is -0.0163. The minimum absolute atomic E-state index is 0.0163. The molecule has 0 spiro atoms. The van der Waals surface area contributed by atoms with E-state index >= 15 is 0 Å². The number of likely N-dealkylation sites (N-methyl/N-ethyl adjacent to an activating group) is 1. The topological polar surface area (TPSA) is 91.4 Å². The average Bonchev–Trinajstić information content (AvgIpc) is 2.75. The minimum Gasteiger partial charge on any atom is -0.481 e. The normalized spacial score (nSPS) is 12.8. The molecule has 1 aromatic heterocycles. The van der Waals surface area contributed by atoms with Gasteiger partial charge >= 0.3 is 0 Å². The lowest BCUT2D eigenvalue weighted by Gasteiger charge is -2.26. The van der Waals surface area contributed by atoms with Crippen LogP contribution in [0.5, 0.6) is 5.75 Å². The molecule has 0 radical (unpaired) electrons. The maximum absolute atomic E-state index is 14.3. The number of fused-ring (bicyclic) bond motifs is 1. The Balaban J connectivity index is 1.56. The molecule has 30 heavy (non-hydrogen) atoms. The molecule has 1 aliphatic rings. The molecule has 0 bridgehead atoms. The second kappa shape index (κ2) is 8.46. The van der Waals surface area contributed by atoms with Gasteiger partial charge in [-0.25, -0.2) is 9.37 Å². The van der Waals surface area contributed by atoms with E-state index in [0.29, 0.717) is 22.8 Å². The van der Waals surface area contributed by atoms with Crippen molar-refractivity contribution in [3.8, 4) is 5.75 Å². The lowest BCUT2D eigenvalue weighted by atomic mass is 10.2. The number of carbonyl (C=O) groups is 1. The molecule has 0 fully saturated rings. The number of nitrogens with zero attached hydrogens (tertiary/aromatic N) is 3. The molecule has 4 rings (SSSR count). The molecular weight excluding hydrogens is 407 g/mol. The molecule has 0 aliphatic carbocycles. The van der Waals surface area contributed by atoms with Gasteiger partial charge in [-0.05, 0) is 24.3 Å². The van der Waals surface area contributed by atoms with Crippen molar-refractivity contribution >= 4 is 52.4 Å². The highest BCUT2D eigenvalue weighted by molar-refractivity contribution is 7.99. The largest absolute Gasteiger partial charge is 0.481 e. The predicted octanol–water partition coefficient (Wildman–Crippen LogP) is 4.15. The van der Waals surface area contributed by atoms with Crippen molar-refractivity contribution in [1.82, 2.24) is 9.97 Å². The molecule has 154 valence electrons. The Morgan fingerprint density at radius 2 is 1.97 bits per heavy atom. The number of anilines is 6. The van der Waals surface area contributed by atoms with Crippen LogP contribution < -0.4 is 25.0 Å². The number of ether oxygens (including phenoxy) is 1. The van der Waals surface area contributed by atoms with E-state index in [1.165, 1.54) is 11.9 Å². The van der Waals surface area contributed by atoms with Gasteiger partial charge in [-0.3, -0.25) is 4.79 Å². The number of benzene rings is 2. The Morgan fingerprint density at radius 3 is 2.77 bits per heavy atom. The van der Waals surface area contributed by atoms with Crippen molar-refractivity contribution in [2.75, 3.05) is 40.2 Å². The van der Waals surface area contributed by atoms with Crippen LogP contribution in [0.2, 0.25) is 0 Å². The molecule has 2 aromatic carbocycles. The van der Waals surface area contributed by atoms with Gasteiger partial charge in [-0.2, -0.15) is 4.98 Å². The molecule has 1 aliphatic heterocycles. The van der Waals surface area contributed by atoms with E-state index in [2.05, 4.69) is 25.3 Å². The fourth-order valence-electron chi connectivity index (χ4n) is 2.92. The third-order valence-electron chi connectivity index (χ3n) is 4.44. The molecule has 3 aromatic rings. The predicted molar refractivity (Wildman–Crippen MR) is 117 cm³/mol. The second-order valence-corrected chi connectivity index (χ2v) is 7.03. The number of halogens is 1. The maximum Gasteiger partial charge on any atom is 0.264 e. The van der Waals surface area contributed by atoms with Crippen molar-refractivity contribution in [3.05, 3.63) is 54.5 Å². The first-order valence-corrected chi connectivity index (χ1v) is 10.3. The third-order valence-corrected chi connectivity index (χ3v) is 4.86. The highest BCUT2D eigenvalue weighted by atomic mass is 32.2. The molecule has 0 unspecified atom stereocenters. The molecule has 10 heteroatoms. The van der Waals surface area contributed by atoms with Crippen LogP contribution in [0.1, 0.15) is 0 Å². The number of para-hydroxylation sites is 2. The van der Waals surface area contributed by atoms with Crippen LogP contribution >= 0.6 is 11.9 Å². The quantitative estimate of drug-likeness (QED) is 0.507. The zero-order valence-corrected chi connectivity index (χ0v) is 17.1. The minimum atomic E-state index is -0.576. The van der Waals surface area contributed by atoms with Gasteiger partial charge in [0.25, 0.3) is 5.91 Å². The van der Waals surface area contributed by atoms with E-state index in [9.17, 15) is 9.18 Å². The van der Waals surface area contributed by atoms with Gasteiger partial charge < -0.3 is 25.0 Å². The van der Waals surface area contributed by atoms with Gasteiger partial charge in [0.05, 0.1) is 23.3 Å². The van der Waals surface area contributed by atoms with E-state index in [-0.39, 0.29) is 24.3 Å². The Morgan fingerprint density at radius 1 is 1.17 bits per heavy atom. The van der Waals surface area contributed by atoms with Gasteiger partial charge in [0.15, 0.2) is 18.2 Å². The van der Waals surface area contributed by atoms with Crippen molar-refractivity contribution in [2.24, 2.45) is 0 Å². The molecular formula is C20H19FN6O2S. The fraction of sp³-hybridized carbons (Fsp3) is 0.150. The number of hydrogen-bond acceptors (Lipinski definition) is 8. The number of nitrogens with one attached hydrogen (secondary N) is 3. The first-order chi connectivity index (χ1) is 14.5. The molecule has 0 atom stereocenters. The van der Waals surface area contributed by atoms with Gasteiger partial charge in [-0.15, -0.1) is 0 Å². The third kappa shape index (κ3) is 4.08. The van der Waals surface area contributed by atoms with Crippen LogP contribution in [0.15, 0.2) is 48.7 Å². The number of carbonyl (C=O) groups excluding carboxylic acids is 1. The molecule has 0 saturated heterocycles. The summed E-state index contributed by atoms with van der Waals surface area (Å²) < 4.78 is 22.9.